The summed E-state index contributed by atoms with van der Waals surface area (Å²) < 4.78 is 34.7. The molecule has 0 atom stereocenters. The Morgan fingerprint density at radius 1 is 1.08 bits per heavy atom. The second-order valence-electron chi connectivity index (χ2n) is 5.12. The molecule has 0 aliphatic heterocycles. The minimum Gasteiger partial charge on any atom is -0.495 e. The first-order valence-corrected chi connectivity index (χ1v) is 9.39. The van der Waals surface area contributed by atoms with E-state index in [1.54, 1.807) is 18.2 Å². The molecule has 6 nitrogen and oxygen atoms in total. The van der Waals surface area contributed by atoms with Crippen molar-refractivity contribution in [2.24, 2.45) is 0 Å². The van der Waals surface area contributed by atoms with Gasteiger partial charge in [-0.2, -0.15) is 0 Å². The lowest BCUT2D eigenvalue weighted by atomic mass is 10.2. The monoisotopic (exact) mass is 383 g/mol. The lowest BCUT2D eigenvalue weighted by Crippen LogP contribution is -2.18. The molecule has 134 valence electrons. The van der Waals surface area contributed by atoms with Gasteiger partial charge in [0.05, 0.1) is 35.6 Å². The van der Waals surface area contributed by atoms with Crippen LogP contribution < -0.4 is 14.8 Å². The predicted octanol–water partition coefficient (Wildman–Crippen LogP) is 3.16. The lowest BCUT2D eigenvalue weighted by molar-refractivity contribution is -0.115. The van der Waals surface area contributed by atoms with Gasteiger partial charge in [0.2, 0.25) is 5.91 Å². The first-order valence-electron chi connectivity index (χ1n) is 7.36. The number of halogens is 1. The fourth-order valence-corrected chi connectivity index (χ4v) is 3.64. The number of hydrogen-bond acceptors (Lipinski definition) is 5. The van der Waals surface area contributed by atoms with Crippen molar-refractivity contribution in [3.63, 3.8) is 0 Å². The summed E-state index contributed by atoms with van der Waals surface area (Å²) in [4.78, 5) is 12.3. The van der Waals surface area contributed by atoms with Crippen molar-refractivity contribution in [2.75, 3.05) is 25.3 Å². The highest BCUT2D eigenvalue weighted by Gasteiger charge is 2.18. The van der Waals surface area contributed by atoms with Crippen LogP contribution in [0.2, 0.25) is 5.02 Å². The van der Waals surface area contributed by atoms with Crippen LogP contribution in [0.25, 0.3) is 0 Å². The number of rotatable bonds is 7. The normalized spacial score (nSPS) is 11.0. The Bertz CT molecular complexity index is 853. The number of anilines is 1. The van der Waals surface area contributed by atoms with Crippen LogP contribution in [-0.4, -0.2) is 34.3 Å². The third kappa shape index (κ3) is 4.87. The third-order valence-corrected chi connectivity index (χ3v) is 5.48. The maximum absolute atomic E-state index is 12.2. The molecule has 0 fully saturated rings. The van der Waals surface area contributed by atoms with Gasteiger partial charge in [-0.05, 0) is 12.1 Å². The molecule has 0 spiro atoms. The number of amides is 1. The minimum absolute atomic E-state index is 0.188. The van der Waals surface area contributed by atoms with Crippen molar-refractivity contribution in [3.05, 3.63) is 47.5 Å². The molecule has 0 aliphatic carbocycles. The minimum atomic E-state index is -3.52. The SMILES string of the molecule is COc1cc(NC(=O)CCS(=O)(=O)c2ccccc2)c(OC)cc1Cl. The van der Waals surface area contributed by atoms with Crippen LogP contribution in [0, 0.1) is 0 Å². The molecule has 0 heterocycles. The number of nitrogens with one attached hydrogen (secondary N) is 1. The molecule has 0 aromatic heterocycles. The topological polar surface area (TPSA) is 81.7 Å². The van der Waals surface area contributed by atoms with Gasteiger partial charge in [-0.25, -0.2) is 8.42 Å². The zero-order valence-electron chi connectivity index (χ0n) is 13.8. The summed E-state index contributed by atoms with van der Waals surface area (Å²) >= 11 is 6.01. The van der Waals surface area contributed by atoms with Crippen molar-refractivity contribution >= 4 is 33.0 Å². The third-order valence-electron chi connectivity index (χ3n) is 3.45. The van der Waals surface area contributed by atoms with Gasteiger partial charge in [-0.15, -0.1) is 0 Å². The maximum atomic E-state index is 12.2. The van der Waals surface area contributed by atoms with Crippen LogP contribution in [0.5, 0.6) is 11.5 Å². The zero-order chi connectivity index (χ0) is 18.4. The van der Waals surface area contributed by atoms with Crippen LogP contribution in [0.15, 0.2) is 47.4 Å². The largest absolute Gasteiger partial charge is 0.495 e. The van der Waals surface area contributed by atoms with Crippen LogP contribution in [0.3, 0.4) is 0 Å². The highest BCUT2D eigenvalue weighted by molar-refractivity contribution is 7.91. The van der Waals surface area contributed by atoms with E-state index in [2.05, 4.69) is 5.32 Å². The molecule has 1 amide bonds. The number of sulfone groups is 1. The van der Waals surface area contributed by atoms with Gasteiger partial charge in [0.25, 0.3) is 0 Å². The molecule has 0 unspecified atom stereocenters. The highest BCUT2D eigenvalue weighted by atomic mass is 35.5. The van der Waals surface area contributed by atoms with E-state index in [-0.39, 0.29) is 17.1 Å². The molecule has 0 aliphatic rings. The summed E-state index contributed by atoms with van der Waals surface area (Å²) in [5.41, 5.74) is 0.353. The highest BCUT2D eigenvalue weighted by Crippen LogP contribution is 2.35. The fraction of sp³-hybridized carbons (Fsp3) is 0.235. The average Bonchev–Trinajstić information content (AvgIpc) is 2.62. The van der Waals surface area contributed by atoms with E-state index in [4.69, 9.17) is 21.1 Å². The second kappa shape index (κ2) is 8.22. The van der Waals surface area contributed by atoms with Gasteiger partial charge in [-0.1, -0.05) is 29.8 Å². The van der Waals surface area contributed by atoms with Crippen molar-refractivity contribution in [2.45, 2.75) is 11.3 Å². The Morgan fingerprint density at radius 2 is 1.72 bits per heavy atom. The molecule has 8 heteroatoms. The van der Waals surface area contributed by atoms with Gasteiger partial charge in [0, 0.05) is 18.6 Å². The molecule has 2 aromatic rings. The fourth-order valence-electron chi connectivity index (χ4n) is 2.14. The second-order valence-corrected chi connectivity index (χ2v) is 7.63. The zero-order valence-corrected chi connectivity index (χ0v) is 15.4. The summed E-state index contributed by atoms with van der Waals surface area (Å²) in [5.74, 6) is -0.0301. The number of ether oxygens (including phenoxy) is 2. The van der Waals surface area contributed by atoms with Crippen LogP contribution in [-0.2, 0) is 14.6 Å². The first kappa shape index (κ1) is 19.1. The van der Waals surface area contributed by atoms with Crippen LogP contribution in [0.1, 0.15) is 6.42 Å². The summed E-state index contributed by atoms with van der Waals surface area (Å²) in [6.45, 7) is 0. The van der Waals surface area contributed by atoms with E-state index in [1.165, 1.54) is 38.5 Å². The molecular weight excluding hydrogens is 366 g/mol. The van der Waals surface area contributed by atoms with E-state index in [9.17, 15) is 13.2 Å². The van der Waals surface area contributed by atoms with E-state index in [0.29, 0.717) is 22.2 Å². The molecule has 0 radical (unpaired) electrons. The standard InChI is InChI=1S/C17H18ClNO5S/c1-23-15-11-14(16(24-2)10-13(15)18)19-17(20)8-9-25(21,22)12-6-4-3-5-7-12/h3-7,10-11H,8-9H2,1-2H3,(H,19,20). The molecule has 0 saturated heterocycles. The molecule has 2 rings (SSSR count). The van der Waals surface area contributed by atoms with Gasteiger partial charge in [0.15, 0.2) is 9.84 Å². The quantitative estimate of drug-likeness (QED) is 0.794. The van der Waals surface area contributed by atoms with Gasteiger partial charge in [-0.3, -0.25) is 4.79 Å². The Morgan fingerprint density at radius 3 is 2.32 bits per heavy atom. The Labute approximate surface area is 151 Å². The number of benzene rings is 2. The predicted molar refractivity (Wildman–Crippen MR) is 96.3 cm³/mol. The van der Waals surface area contributed by atoms with E-state index >= 15 is 0 Å². The lowest BCUT2D eigenvalue weighted by Gasteiger charge is -2.13. The number of hydrogen-bond donors (Lipinski definition) is 1. The molecule has 0 saturated carbocycles. The summed E-state index contributed by atoms with van der Waals surface area (Å²) in [7, 11) is -0.632. The first-order chi connectivity index (χ1) is 11.9. The molecule has 25 heavy (non-hydrogen) atoms. The van der Waals surface area contributed by atoms with Gasteiger partial charge in [0.1, 0.15) is 11.5 Å². The van der Waals surface area contributed by atoms with Gasteiger partial charge >= 0.3 is 0 Å². The number of carbonyl (C=O) groups is 1. The van der Waals surface area contributed by atoms with E-state index in [0.717, 1.165) is 0 Å². The molecule has 1 N–H and O–H groups in total. The van der Waals surface area contributed by atoms with Crippen molar-refractivity contribution in [1.82, 2.24) is 0 Å². The summed E-state index contributed by atoms with van der Waals surface area (Å²) in [5, 5.41) is 2.96. The molecular formula is C17H18ClNO5S. The molecule has 0 bridgehead atoms. The smallest absolute Gasteiger partial charge is 0.225 e. The van der Waals surface area contributed by atoms with Gasteiger partial charge < -0.3 is 14.8 Å². The van der Waals surface area contributed by atoms with Crippen molar-refractivity contribution in [1.29, 1.82) is 0 Å². The summed E-state index contributed by atoms with van der Waals surface area (Å²) in [6.07, 6.45) is -0.189. The Kier molecular flexibility index (Phi) is 6.27. The van der Waals surface area contributed by atoms with E-state index in [1.807, 2.05) is 0 Å². The van der Waals surface area contributed by atoms with Crippen LogP contribution in [0.4, 0.5) is 5.69 Å². The van der Waals surface area contributed by atoms with Crippen molar-refractivity contribution < 1.29 is 22.7 Å². The summed E-state index contributed by atoms with van der Waals surface area (Å²) in [6, 6.07) is 11.0. The maximum Gasteiger partial charge on any atom is 0.225 e. The Hall–Kier alpha value is -2.25. The number of methoxy groups -OCH3 is 2. The molecule has 2 aromatic carbocycles. The number of carbonyl (C=O) groups excluding carboxylic acids is 1. The van der Waals surface area contributed by atoms with E-state index < -0.39 is 15.7 Å². The average molecular weight is 384 g/mol. The Balaban J connectivity index is 2.08. The van der Waals surface area contributed by atoms with Crippen molar-refractivity contribution in [3.8, 4) is 11.5 Å². The van der Waals surface area contributed by atoms with Crippen LogP contribution >= 0.6 is 11.6 Å².